The summed E-state index contributed by atoms with van der Waals surface area (Å²) in [6.45, 7) is 0.397. The number of benzene rings is 2. The molecule has 108 valence electrons. The van der Waals surface area contributed by atoms with Crippen molar-refractivity contribution in [2.24, 2.45) is 0 Å². The van der Waals surface area contributed by atoms with Gasteiger partial charge < -0.3 is 9.84 Å². The second kappa shape index (κ2) is 6.05. The standard InChI is InChI=1S/C17H15IO3/c18-14-6-7-16(15(9-14)17(19)20)21-10-11-4-5-12-2-1-3-13(12)8-11/h4-9H,1-3,10H2,(H,19,20). The molecule has 3 rings (SSSR count). The summed E-state index contributed by atoms with van der Waals surface area (Å²) in [6, 6.07) is 11.6. The van der Waals surface area contributed by atoms with E-state index in [-0.39, 0.29) is 5.56 Å². The van der Waals surface area contributed by atoms with Crippen molar-refractivity contribution in [1.82, 2.24) is 0 Å². The SMILES string of the molecule is O=C(O)c1cc(I)ccc1OCc1ccc2c(c1)CCC2. The van der Waals surface area contributed by atoms with E-state index in [1.54, 1.807) is 12.1 Å². The van der Waals surface area contributed by atoms with Crippen molar-refractivity contribution < 1.29 is 14.6 Å². The smallest absolute Gasteiger partial charge is 0.339 e. The molecule has 0 fully saturated rings. The molecule has 0 aromatic heterocycles. The van der Waals surface area contributed by atoms with Gasteiger partial charge in [0.25, 0.3) is 0 Å². The van der Waals surface area contributed by atoms with Crippen LogP contribution in [0.5, 0.6) is 5.75 Å². The second-order valence-corrected chi connectivity index (χ2v) is 6.44. The zero-order valence-corrected chi connectivity index (χ0v) is 13.6. The topological polar surface area (TPSA) is 46.5 Å². The number of aromatic carboxylic acids is 1. The highest BCUT2D eigenvalue weighted by atomic mass is 127. The Kier molecular flexibility index (Phi) is 4.14. The van der Waals surface area contributed by atoms with Crippen LogP contribution in [-0.4, -0.2) is 11.1 Å². The molecule has 1 aliphatic carbocycles. The average molecular weight is 394 g/mol. The molecule has 1 aliphatic rings. The second-order valence-electron chi connectivity index (χ2n) is 5.19. The van der Waals surface area contributed by atoms with Crippen molar-refractivity contribution in [3.8, 4) is 5.75 Å². The fourth-order valence-corrected chi connectivity index (χ4v) is 3.16. The fraction of sp³-hybridized carbons (Fsp3) is 0.235. The Labute approximate surface area is 137 Å². The first kappa shape index (κ1) is 14.4. The van der Waals surface area contributed by atoms with Gasteiger partial charge in [0.15, 0.2) is 0 Å². The third-order valence-electron chi connectivity index (χ3n) is 3.73. The summed E-state index contributed by atoms with van der Waals surface area (Å²) in [6.07, 6.45) is 3.52. The summed E-state index contributed by atoms with van der Waals surface area (Å²) in [7, 11) is 0. The maximum atomic E-state index is 11.3. The van der Waals surface area contributed by atoms with Gasteiger partial charge in [-0.05, 0) is 76.7 Å². The molecule has 21 heavy (non-hydrogen) atoms. The van der Waals surface area contributed by atoms with Crippen molar-refractivity contribution in [1.29, 1.82) is 0 Å². The lowest BCUT2D eigenvalue weighted by Crippen LogP contribution is -2.04. The number of carboxylic acids is 1. The summed E-state index contributed by atoms with van der Waals surface area (Å²) >= 11 is 2.10. The number of ether oxygens (including phenoxy) is 1. The molecule has 0 radical (unpaired) electrons. The van der Waals surface area contributed by atoms with Crippen molar-refractivity contribution in [3.05, 3.63) is 62.2 Å². The van der Waals surface area contributed by atoms with Gasteiger partial charge in [0.05, 0.1) is 0 Å². The number of carboxylic acid groups (broad SMARTS) is 1. The molecule has 0 heterocycles. The molecule has 1 N–H and O–H groups in total. The lowest BCUT2D eigenvalue weighted by Gasteiger charge is -2.10. The van der Waals surface area contributed by atoms with Crippen molar-refractivity contribution in [2.45, 2.75) is 25.9 Å². The van der Waals surface area contributed by atoms with Crippen LogP contribution in [0.1, 0.15) is 33.5 Å². The zero-order valence-electron chi connectivity index (χ0n) is 11.4. The number of hydrogen-bond acceptors (Lipinski definition) is 2. The lowest BCUT2D eigenvalue weighted by atomic mass is 10.1. The predicted molar refractivity (Wildman–Crippen MR) is 88.9 cm³/mol. The summed E-state index contributed by atoms with van der Waals surface area (Å²) in [5.41, 5.74) is 4.13. The monoisotopic (exact) mass is 394 g/mol. The Balaban J connectivity index is 1.77. The molecule has 0 amide bonds. The van der Waals surface area contributed by atoms with E-state index in [2.05, 4.69) is 40.8 Å². The Bertz CT molecular complexity index is 694. The van der Waals surface area contributed by atoms with Crippen LogP contribution in [0.2, 0.25) is 0 Å². The van der Waals surface area contributed by atoms with Crippen LogP contribution in [0, 0.1) is 3.57 Å². The van der Waals surface area contributed by atoms with Gasteiger partial charge in [-0.15, -0.1) is 0 Å². The fourth-order valence-electron chi connectivity index (χ4n) is 2.67. The van der Waals surface area contributed by atoms with E-state index in [1.165, 1.54) is 17.5 Å². The van der Waals surface area contributed by atoms with Gasteiger partial charge in [0.2, 0.25) is 0 Å². The predicted octanol–water partition coefficient (Wildman–Crippen LogP) is 4.06. The van der Waals surface area contributed by atoms with Gasteiger partial charge in [0.1, 0.15) is 17.9 Å². The van der Waals surface area contributed by atoms with Crippen LogP contribution >= 0.6 is 22.6 Å². The minimum Gasteiger partial charge on any atom is -0.488 e. The maximum absolute atomic E-state index is 11.3. The first-order valence-electron chi connectivity index (χ1n) is 6.90. The third kappa shape index (κ3) is 3.20. The first-order chi connectivity index (χ1) is 10.1. The number of hydrogen-bond donors (Lipinski definition) is 1. The molecule has 0 unspecified atom stereocenters. The van der Waals surface area contributed by atoms with Crippen LogP contribution < -0.4 is 4.74 Å². The van der Waals surface area contributed by atoms with E-state index in [0.717, 1.165) is 22.0 Å². The minimum absolute atomic E-state index is 0.211. The molecule has 0 spiro atoms. The number of aryl methyl sites for hydroxylation is 2. The van der Waals surface area contributed by atoms with Crippen LogP contribution in [0.15, 0.2) is 36.4 Å². The molecule has 2 aromatic carbocycles. The van der Waals surface area contributed by atoms with E-state index >= 15 is 0 Å². The minimum atomic E-state index is -0.961. The molecule has 0 atom stereocenters. The van der Waals surface area contributed by atoms with Gasteiger partial charge in [0, 0.05) is 3.57 Å². The van der Waals surface area contributed by atoms with Gasteiger partial charge in [-0.1, -0.05) is 18.2 Å². The lowest BCUT2D eigenvalue weighted by molar-refractivity contribution is 0.0691. The number of fused-ring (bicyclic) bond motifs is 1. The molecule has 0 bridgehead atoms. The number of rotatable bonds is 4. The summed E-state index contributed by atoms with van der Waals surface area (Å²) < 4.78 is 6.60. The Morgan fingerprint density at radius 1 is 1.14 bits per heavy atom. The molecular weight excluding hydrogens is 379 g/mol. The van der Waals surface area contributed by atoms with Gasteiger partial charge in [-0.25, -0.2) is 4.79 Å². The van der Waals surface area contributed by atoms with Crippen LogP contribution in [0.25, 0.3) is 0 Å². The molecule has 4 heteroatoms. The zero-order chi connectivity index (χ0) is 14.8. The van der Waals surface area contributed by atoms with Crippen molar-refractivity contribution in [3.63, 3.8) is 0 Å². The highest BCUT2D eigenvalue weighted by Gasteiger charge is 2.13. The molecule has 0 saturated carbocycles. The molecule has 0 saturated heterocycles. The number of halogens is 1. The van der Waals surface area contributed by atoms with Gasteiger partial charge >= 0.3 is 5.97 Å². The van der Waals surface area contributed by atoms with Crippen LogP contribution in [0.4, 0.5) is 0 Å². The van der Waals surface area contributed by atoms with E-state index in [0.29, 0.717) is 12.4 Å². The van der Waals surface area contributed by atoms with Crippen LogP contribution in [0.3, 0.4) is 0 Å². The average Bonchev–Trinajstić information content (AvgIpc) is 2.93. The van der Waals surface area contributed by atoms with Crippen molar-refractivity contribution in [2.75, 3.05) is 0 Å². The highest BCUT2D eigenvalue weighted by Crippen LogP contribution is 2.25. The maximum Gasteiger partial charge on any atom is 0.339 e. The molecule has 2 aromatic rings. The van der Waals surface area contributed by atoms with E-state index in [4.69, 9.17) is 4.74 Å². The molecule has 0 aliphatic heterocycles. The third-order valence-corrected chi connectivity index (χ3v) is 4.40. The van der Waals surface area contributed by atoms with Gasteiger partial charge in [-0.3, -0.25) is 0 Å². The summed E-state index contributed by atoms with van der Waals surface area (Å²) in [4.78, 5) is 11.3. The molecular formula is C17H15IO3. The van der Waals surface area contributed by atoms with E-state index in [9.17, 15) is 9.90 Å². The van der Waals surface area contributed by atoms with E-state index < -0.39 is 5.97 Å². The quantitative estimate of drug-likeness (QED) is 0.796. The largest absolute Gasteiger partial charge is 0.488 e. The Morgan fingerprint density at radius 3 is 2.76 bits per heavy atom. The summed E-state index contributed by atoms with van der Waals surface area (Å²) in [5.74, 6) is -0.541. The highest BCUT2D eigenvalue weighted by molar-refractivity contribution is 14.1. The number of carbonyl (C=O) groups is 1. The first-order valence-corrected chi connectivity index (χ1v) is 7.97. The van der Waals surface area contributed by atoms with Crippen molar-refractivity contribution >= 4 is 28.6 Å². The molecule has 3 nitrogen and oxygen atoms in total. The van der Waals surface area contributed by atoms with E-state index in [1.807, 2.05) is 6.07 Å². The van der Waals surface area contributed by atoms with Crippen LogP contribution in [-0.2, 0) is 19.4 Å². The summed E-state index contributed by atoms with van der Waals surface area (Å²) in [5, 5.41) is 9.23. The van der Waals surface area contributed by atoms with Gasteiger partial charge in [-0.2, -0.15) is 0 Å². The Hall–Kier alpha value is -1.56. The normalized spacial score (nSPS) is 13.0. The Morgan fingerprint density at radius 2 is 1.95 bits per heavy atom.